The number of halogens is 3. The summed E-state index contributed by atoms with van der Waals surface area (Å²) in [5, 5.41) is 10.0. The van der Waals surface area contributed by atoms with Crippen LogP contribution >= 0.6 is 15.9 Å². The number of benzene rings is 2. The molecule has 2 aromatic carbocycles. The van der Waals surface area contributed by atoms with Gasteiger partial charge in [0.15, 0.2) is 0 Å². The third kappa shape index (κ3) is 3.15. The predicted octanol–water partition coefficient (Wildman–Crippen LogP) is 4.00. The van der Waals surface area contributed by atoms with Crippen molar-refractivity contribution in [2.75, 3.05) is 0 Å². The van der Waals surface area contributed by atoms with E-state index in [1.807, 2.05) is 0 Å². The molecule has 1 nitrogen and oxygen atoms in total. The van der Waals surface area contributed by atoms with Gasteiger partial charge in [0, 0.05) is 6.42 Å². The molecule has 1 unspecified atom stereocenters. The lowest BCUT2D eigenvalue weighted by Crippen LogP contribution is -2.02. The lowest BCUT2D eigenvalue weighted by Gasteiger charge is -2.11. The molecule has 0 aliphatic carbocycles. The van der Waals surface area contributed by atoms with Gasteiger partial charge in [0.05, 0.1) is 10.6 Å². The van der Waals surface area contributed by atoms with Gasteiger partial charge in [-0.15, -0.1) is 0 Å². The maximum Gasteiger partial charge on any atom is 0.137 e. The van der Waals surface area contributed by atoms with E-state index in [-0.39, 0.29) is 11.6 Å². The fourth-order valence-electron chi connectivity index (χ4n) is 1.68. The van der Waals surface area contributed by atoms with Crippen LogP contribution in [-0.4, -0.2) is 5.11 Å². The van der Waals surface area contributed by atoms with E-state index in [9.17, 15) is 13.9 Å². The van der Waals surface area contributed by atoms with Crippen LogP contribution in [0, 0.1) is 11.6 Å². The second-order valence-corrected chi connectivity index (χ2v) is 4.87. The van der Waals surface area contributed by atoms with Crippen molar-refractivity contribution in [2.24, 2.45) is 0 Å². The molecule has 0 radical (unpaired) electrons. The zero-order valence-corrected chi connectivity index (χ0v) is 11.0. The Hall–Kier alpha value is -1.26. The lowest BCUT2D eigenvalue weighted by molar-refractivity contribution is 0.178. The standard InChI is InChI=1S/C14H11BrF2O/c15-12-8-10(3-6-13(12)17)14(18)7-9-1-4-11(16)5-2-9/h1-6,8,14,18H,7H2. The van der Waals surface area contributed by atoms with Gasteiger partial charge in [0.25, 0.3) is 0 Å². The highest BCUT2D eigenvalue weighted by molar-refractivity contribution is 9.10. The minimum absolute atomic E-state index is 0.308. The van der Waals surface area contributed by atoms with Gasteiger partial charge in [-0.05, 0) is 51.3 Å². The molecule has 0 amide bonds. The van der Waals surface area contributed by atoms with E-state index in [1.54, 1.807) is 18.2 Å². The first kappa shape index (κ1) is 13.2. The van der Waals surface area contributed by atoms with Crippen LogP contribution in [0.2, 0.25) is 0 Å². The summed E-state index contributed by atoms with van der Waals surface area (Å²) in [6.45, 7) is 0. The largest absolute Gasteiger partial charge is 0.388 e. The molecule has 94 valence electrons. The Kier molecular flexibility index (Phi) is 4.09. The summed E-state index contributed by atoms with van der Waals surface area (Å²) in [4.78, 5) is 0. The average molecular weight is 313 g/mol. The molecule has 0 spiro atoms. The van der Waals surface area contributed by atoms with Crippen LogP contribution in [0.4, 0.5) is 8.78 Å². The summed E-state index contributed by atoms with van der Waals surface area (Å²) < 4.78 is 26.1. The van der Waals surface area contributed by atoms with Gasteiger partial charge in [0.2, 0.25) is 0 Å². The summed E-state index contributed by atoms with van der Waals surface area (Å²) in [6.07, 6.45) is -0.384. The van der Waals surface area contributed by atoms with E-state index < -0.39 is 6.10 Å². The molecule has 0 fully saturated rings. The van der Waals surface area contributed by atoms with E-state index in [0.717, 1.165) is 5.56 Å². The molecular weight excluding hydrogens is 302 g/mol. The molecule has 0 saturated heterocycles. The average Bonchev–Trinajstić information content (AvgIpc) is 2.35. The van der Waals surface area contributed by atoms with Gasteiger partial charge in [-0.25, -0.2) is 8.78 Å². The Bertz CT molecular complexity index is 540. The molecule has 0 heterocycles. The molecule has 4 heteroatoms. The molecule has 0 aliphatic rings. The van der Waals surface area contributed by atoms with Crippen LogP contribution in [0.5, 0.6) is 0 Å². The second-order valence-electron chi connectivity index (χ2n) is 4.02. The topological polar surface area (TPSA) is 20.2 Å². The second kappa shape index (κ2) is 5.59. The molecule has 2 aromatic rings. The lowest BCUT2D eigenvalue weighted by atomic mass is 10.0. The molecule has 0 bridgehead atoms. The maximum absolute atomic E-state index is 13.1. The van der Waals surface area contributed by atoms with Gasteiger partial charge in [-0.1, -0.05) is 18.2 Å². The van der Waals surface area contributed by atoms with Crippen LogP contribution < -0.4 is 0 Å². The molecule has 2 rings (SSSR count). The first-order chi connectivity index (χ1) is 8.56. The van der Waals surface area contributed by atoms with Gasteiger partial charge in [-0.2, -0.15) is 0 Å². The summed E-state index contributed by atoms with van der Waals surface area (Å²) in [5.74, 6) is -0.675. The third-order valence-corrected chi connectivity index (χ3v) is 3.28. The smallest absolute Gasteiger partial charge is 0.137 e. The Labute approximate surface area is 112 Å². The van der Waals surface area contributed by atoms with Gasteiger partial charge in [0.1, 0.15) is 11.6 Å². The van der Waals surface area contributed by atoms with Gasteiger partial charge < -0.3 is 5.11 Å². The van der Waals surface area contributed by atoms with Gasteiger partial charge >= 0.3 is 0 Å². The highest BCUT2D eigenvalue weighted by atomic mass is 79.9. The van der Waals surface area contributed by atoms with Crippen molar-refractivity contribution in [3.05, 3.63) is 69.7 Å². The van der Waals surface area contributed by atoms with Crippen molar-refractivity contribution in [1.29, 1.82) is 0 Å². The molecule has 0 aliphatic heterocycles. The zero-order chi connectivity index (χ0) is 13.1. The van der Waals surface area contributed by atoms with E-state index in [1.165, 1.54) is 24.3 Å². The Morgan fingerprint density at radius 3 is 2.33 bits per heavy atom. The van der Waals surface area contributed by atoms with Crippen molar-refractivity contribution in [3.63, 3.8) is 0 Å². The minimum atomic E-state index is -0.743. The highest BCUT2D eigenvalue weighted by Gasteiger charge is 2.10. The number of aliphatic hydroxyl groups is 1. The first-order valence-electron chi connectivity index (χ1n) is 5.44. The van der Waals surface area contributed by atoms with Gasteiger partial charge in [-0.3, -0.25) is 0 Å². The Morgan fingerprint density at radius 2 is 1.72 bits per heavy atom. The maximum atomic E-state index is 13.1. The van der Waals surface area contributed by atoms with Crippen LogP contribution in [0.15, 0.2) is 46.9 Å². The number of rotatable bonds is 3. The summed E-state index contributed by atoms with van der Waals surface area (Å²) in [7, 11) is 0. The summed E-state index contributed by atoms with van der Waals surface area (Å²) in [6, 6.07) is 10.3. The molecule has 1 N–H and O–H groups in total. The quantitative estimate of drug-likeness (QED) is 0.908. The van der Waals surface area contributed by atoms with E-state index in [0.29, 0.717) is 16.5 Å². The molecule has 18 heavy (non-hydrogen) atoms. The highest BCUT2D eigenvalue weighted by Crippen LogP contribution is 2.23. The van der Waals surface area contributed by atoms with Crippen LogP contribution in [0.3, 0.4) is 0 Å². The number of aliphatic hydroxyl groups excluding tert-OH is 1. The summed E-state index contributed by atoms with van der Waals surface area (Å²) >= 11 is 3.07. The van der Waals surface area contributed by atoms with Crippen LogP contribution in [0.25, 0.3) is 0 Å². The van der Waals surface area contributed by atoms with E-state index in [4.69, 9.17) is 0 Å². The van der Waals surface area contributed by atoms with Crippen molar-refractivity contribution in [1.82, 2.24) is 0 Å². The molecule has 1 atom stereocenters. The monoisotopic (exact) mass is 312 g/mol. The number of hydrogen-bond acceptors (Lipinski definition) is 1. The van der Waals surface area contributed by atoms with E-state index >= 15 is 0 Å². The summed E-state index contributed by atoms with van der Waals surface area (Å²) in [5.41, 5.74) is 1.44. The van der Waals surface area contributed by atoms with E-state index in [2.05, 4.69) is 15.9 Å². The molecule has 0 saturated carbocycles. The zero-order valence-electron chi connectivity index (χ0n) is 9.41. The number of hydrogen-bond donors (Lipinski definition) is 1. The molecular formula is C14H11BrF2O. The SMILES string of the molecule is OC(Cc1ccc(F)cc1)c1ccc(F)c(Br)c1. The van der Waals surface area contributed by atoms with Crippen LogP contribution in [0.1, 0.15) is 17.2 Å². The normalized spacial score (nSPS) is 12.4. The van der Waals surface area contributed by atoms with Crippen molar-refractivity contribution in [3.8, 4) is 0 Å². The minimum Gasteiger partial charge on any atom is -0.388 e. The van der Waals surface area contributed by atoms with Crippen molar-refractivity contribution < 1.29 is 13.9 Å². The van der Waals surface area contributed by atoms with Crippen molar-refractivity contribution in [2.45, 2.75) is 12.5 Å². The molecule has 0 aromatic heterocycles. The first-order valence-corrected chi connectivity index (χ1v) is 6.23. The third-order valence-electron chi connectivity index (χ3n) is 2.67. The predicted molar refractivity (Wildman–Crippen MR) is 69.2 cm³/mol. The Balaban J connectivity index is 2.13. The van der Waals surface area contributed by atoms with Crippen molar-refractivity contribution >= 4 is 15.9 Å². The fourth-order valence-corrected chi connectivity index (χ4v) is 2.08. The fraction of sp³-hybridized carbons (Fsp3) is 0.143. The van der Waals surface area contributed by atoms with Crippen LogP contribution in [-0.2, 0) is 6.42 Å². The Morgan fingerprint density at radius 1 is 1.06 bits per heavy atom.